The molecule has 0 radical (unpaired) electrons. The van der Waals surface area contributed by atoms with Gasteiger partial charge in [0, 0.05) is 13.0 Å². The second-order valence-corrected chi connectivity index (χ2v) is 11.8. The molecule has 0 unspecified atom stereocenters. The summed E-state index contributed by atoms with van der Waals surface area (Å²) >= 11 is 0. The maximum atomic E-state index is 13.0. The van der Waals surface area contributed by atoms with Crippen molar-refractivity contribution in [1.29, 1.82) is 0 Å². The smallest absolute Gasteiger partial charge is 0.246 e. The van der Waals surface area contributed by atoms with Crippen molar-refractivity contribution < 1.29 is 34.8 Å². The number of hydrogen-bond donors (Lipinski definition) is 4. The first kappa shape index (κ1) is 37.3. The minimum absolute atomic E-state index is 0.166. The lowest BCUT2D eigenvalue weighted by Crippen LogP contribution is -2.60. The van der Waals surface area contributed by atoms with Crippen LogP contribution in [-0.4, -0.2) is 75.3 Å². The Kier molecular flexibility index (Phi) is 23.1. The van der Waals surface area contributed by atoms with Gasteiger partial charge < -0.3 is 25.2 Å². The molecule has 0 aromatic rings. The Morgan fingerprint density at radius 1 is 0.625 bits per heavy atom. The Hall–Kier alpha value is -0.770. The summed E-state index contributed by atoms with van der Waals surface area (Å²) in [5.74, 6) is -0.166. The quantitative estimate of drug-likeness (QED) is 0.0722. The third kappa shape index (κ3) is 16.6. The Morgan fingerprint density at radius 2 is 1.05 bits per heavy atom. The van der Waals surface area contributed by atoms with E-state index in [0.717, 1.165) is 44.9 Å². The lowest BCUT2D eigenvalue weighted by atomic mass is 9.99. The maximum absolute atomic E-state index is 13.0. The number of unbranched alkanes of at least 4 members (excludes halogenated alkanes) is 19. The van der Waals surface area contributed by atoms with Gasteiger partial charge in [0.15, 0.2) is 0 Å². The first-order valence-corrected chi connectivity index (χ1v) is 16.7. The maximum Gasteiger partial charge on any atom is 0.246 e. The molecule has 0 aliphatic carbocycles. The fourth-order valence-corrected chi connectivity index (χ4v) is 5.32. The Labute approximate surface area is 244 Å². The molecule has 1 aliphatic rings. The van der Waals surface area contributed by atoms with Crippen molar-refractivity contribution in [2.75, 3.05) is 13.2 Å². The topological polar surface area (TPSA) is 120 Å². The van der Waals surface area contributed by atoms with Gasteiger partial charge in [0.25, 0.3) is 0 Å². The molecule has 1 aliphatic heterocycles. The van der Waals surface area contributed by atoms with Crippen LogP contribution >= 0.6 is 0 Å². The van der Waals surface area contributed by atoms with Crippen LogP contribution in [0.25, 0.3) is 0 Å². The monoisotopic (exact) mass is 573 g/mol. The molecule has 0 saturated carbocycles. The zero-order valence-electron chi connectivity index (χ0n) is 25.8. The van der Waals surface area contributed by atoms with Crippen molar-refractivity contribution in [2.24, 2.45) is 0 Å². The van der Waals surface area contributed by atoms with E-state index in [1.165, 1.54) is 95.0 Å². The van der Waals surface area contributed by atoms with E-state index in [4.69, 9.17) is 9.57 Å². The Bertz CT molecular complexity index is 592. The number of carbonyl (C=O) groups is 1. The van der Waals surface area contributed by atoms with E-state index in [-0.39, 0.29) is 5.91 Å². The molecule has 1 rings (SSSR count). The summed E-state index contributed by atoms with van der Waals surface area (Å²) in [4.78, 5) is 18.8. The van der Waals surface area contributed by atoms with Crippen molar-refractivity contribution in [2.45, 2.75) is 186 Å². The molecule has 238 valence electrons. The standard InChI is InChI=1S/C32H63NO7/c1-3-5-7-9-11-12-13-14-15-16-17-18-19-20-22-24-28(35)33(25-23-21-10-8-6-4-2)40-32-31(38)30(37)29(36)27(26-34)39-32/h27,29-32,34,36-38H,3-26H2,1-2H3/t27-,29-,30+,31-,32+/m1/s1. The molecule has 0 spiro atoms. The number of amides is 1. The zero-order valence-corrected chi connectivity index (χ0v) is 25.8. The average molecular weight is 574 g/mol. The summed E-state index contributed by atoms with van der Waals surface area (Å²) in [5.41, 5.74) is 0. The van der Waals surface area contributed by atoms with Crippen LogP contribution in [-0.2, 0) is 14.4 Å². The second kappa shape index (κ2) is 24.8. The molecule has 1 heterocycles. The molecule has 1 saturated heterocycles. The molecule has 0 aromatic carbocycles. The van der Waals surface area contributed by atoms with Gasteiger partial charge in [-0.3, -0.25) is 4.79 Å². The highest BCUT2D eigenvalue weighted by molar-refractivity contribution is 5.75. The predicted octanol–water partition coefficient (Wildman–Crippen LogP) is 6.17. The van der Waals surface area contributed by atoms with Crippen LogP contribution in [0, 0.1) is 0 Å². The highest BCUT2D eigenvalue weighted by atomic mass is 16.8. The van der Waals surface area contributed by atoms with E-state index in [1.807, 2.05) is 0 Å². The van der Waals surface area contributed by atoms with Gasteiger partial charge in [-0.25, -0.2) is 9.90 Å². The molecular formula is C32H63NO7. The molecule has 0 bridgehead atoms. The van der Waals surface area contributed by atoms with Crippen LogP contribution in [0.5, 0.6) is 0 Å². The van der Waals surface area contributed by atoms with Crippen molar-refractivity contribution in [3.63, 3.8) is 0 Å². The molecule has 1 fully saturated rings. The highest BCUT2D eigenvalue weighted by Crippen LogP contribution is 2.24. The summed E-state index contributed by atoms with van der Waals surface area (Å²) in [6, 6.07) is 0. The average Bonchev–Trinajstić information content (AvgIpc) is 2.96. The molecule has 8 nitrogen and oxygen atoms in total. The van der Waals surface area contributed by atoms with Crippen molar-refractivity contribution >= 4 is 5.91 Å². The van der Waals surface area contributed by atoms with Crippen molar-refractivity contribution in [3.8, 4) is 0 Å². The van der Waals surface area contributed by atoms with Crippen LogP contribution in [0.1, 0.15) is 155 Å². The van der Waals surface area contributed by atoms with Gasteiger partial charge in [-0.15, -0.1) is 0 Å². The summed E-state index contributed by atoms with van der Waals surface area (Å²) in [7, 11) is 0. The lowest BCUT2D eigenvalue weighted by molar-refractivity contribution is -0.353. The van der Waals surface area contributed by atoms with E-state index < -0.39 is 37.3 Å². The van der Waals surface area contributed by atoms with Crippen LogP contribution in [0.15, 0.2) is 0 Å². The number of hydroxylamine groups is 2. The number of ether oxygens (including phenoxy) is 1. The van der Waals surface area contributed by atoms with Crippen LogP contribution in [0.2, 0.25) is 0 Å². The van der Waals surface area contributed by atoms with Crippen molar-refractivity contribution in [3.05, 3.63) is 0 Å². The SMILES string of the molecule is CCCCCCCCCCCCCCCCCC(=O)N(CCCCCCCC)O[C@@H]1O[C@H](CO)[C@@H](O)[C@H](O)[C@H]1O. The Balaban J connectivity index is 2.30. The van der Waals surface area contributed by atoms with Gasteiger partial charge in [0.2, 0.25) is 12.2 Å². The molecule has 1 amide bonds. The molecular weight excluding hydrogens is 510 g/mol. The zero-order chi connectivity index (χ0) is 29.4. The predicted molar refractivity (Wildman–Crippen MR) is 159 cm³/mol. The number of carbonyl (C=O) groups excluding carboxylic acids is 1. The van der Waals surface area contributed by atoms with Crippen molar-refractivity contribution in [1.82, 2.24) is 5.06 Å². The summed E-state index contributed by atoms with van der Waals surface area (Å²) < 4.78 is 5.48. The number of aliphatic hydroxyl groups excluding tert-OH is 4. The van der Waals surface area contributed by atoms with Gasteiger partial charge in [-0.2, -0.15) is 0 Å². The van der Waals surface area contributed by atoms with Gasteiger partial charge in [0.05, 0.1) is 6.61 Å². The molecule has 4 N–H and O–H groups in total. The van der Waals surface area contributed by atoms with Crippen LogP contribution in [0.3, 0.4) is 0 Å². The summed E-state index contributed by atoms with van der Waals surface area (Å²) in [6.45, 7) is 4.28. The highest BCUT2D eigenvalue weighted by Gasteiger charge is 2.45. The number of hydrogen-bond acceptors (Lipinski definition) is 7. The molecule has 8 heteroatoms. The first-order chi connectivity index (χ1) is 19.5. The van der Waals surface area contributed by atoms with Gasteiger partial charge >= 0.3 is 0 Å². The number of aliphatic hydroxyl groups is 4. The largest absolute Gasteiger partial charge is 0.394 e. The molecule has 0 aromatic heterocycles. The minimum atomic E-state index is -1.53. The fourth-order valence-electron chi connectivity index (χ4n) is 5.32. The third-order valence-electron chi connectivity index (χ3n) is 8.07. The van der Waals surface area contributed by atoms with Crippen LogP contribution < -0.4 is 0 Å². The normalized spacial score (nSPS) is 23.0. The van der Waals surface area contributed by atoms with Gasteiger partial charge in [-0.1, -0.05) is 136 Å². The van der Waals surface area contributed by atoms with E-state index >= 15 is 0 Å². The Morgan fingerprint density at radius 3 is 1.50 bits per heavy atom. The van der Waals surface area contributed by atoms with E-state index in [9.17, 15) is 25.2 Å². The van der Waals surface area contributed by atoms with Crippen LogP contribution in [0.4, 0.5) is 0 Å². The minimum Gasteiger partial charge on any atom is -0.394 e. The summed E-state index contributed by atoms with van der Waals surface area (Å²) in [6.07, 6.45) is 18.8. The second-order valence-electron chi connectivity index (χ2n) is 11.8. The first-order valence-electron chi connectivity index (χ1n) is 16.7. The lowest BCUT2D eigenvalue weighted by Gasteiger charge is -2.40. The fraction of sp³-hybridized carbons (Fsp3) is 0.969. The van der Waals surface area contributed by atoms with E-state index in [0.29, 0.717) is 13.0 Å². The van der Waals surface area contributed by atoms with E-state index in [1.54, 1.807) is 0 Å². The molecule has 5 atom stereocenters. The van der Waals surface area contributed by atoms with Gasteiger partial charge in [0.1, 0.15) is 24.4 Å². The molecule has 40 heavy (non-hydrogen) atoms. The summed E-state index contributed by atoms with van der Waals surface area (Å²) in [5, 5.41) is 41.2. The number of nitrogens with zero attached hydrogens (tertiary/aromatic N) is 1. The number of rotatable bonds is 26. The third-order valence-corrected chi connectivity index (χ3v) is 8.07. The van der Waals surface area contributed by atoms with E-state index in [2.05, 4.69) is 13.8 Å². The van der Waals surface area contributed by atoms with Gasteiger partial charge in [-0.05, 0) is 12.8 Å².